The van der Waals surface area contributed by atoms with Gasteiger partial charge in [-0.05, 0) is 37.0 Å². The number of halogens is 1. The van der Waals surface area contributed by atoms with Crippen molar-refractivity contribution in [2.45, 2.75) is 37.4 Å². The molecule has 2 fully saturated rings. The summed E-state index contributed by atoms with van der Waals surface area (Å²) in [5.74, 6) is -1.28. The van der Waals surface area contributed by atoms with Crippen LogP contribution in [0, 0.1) is 0 Å². The summed E-state index contributed by atoms with van der Waals surface area (Å²) in [4.78, 5) is 28.4. The molecular formula is C24H29ClN2O4. The number of aliphatic carboxylic acids is 1. The number of carbonyl (C=O) groups is 2. The quantitative estimate of drug-likeness (QED) is 0.739. The number of carboxylic acid groups (broad SMARTS) is 1. The minimum atomic E-state index is -1.02. The number of rotatable bonds is 6. The molecule has 6 nitrogen and oxygen atoms in total. The number of morpholine rings is 1. The first-order valence-electron chi connectivity index (χ1n) is 10.6. The van der Waals surface area contributed by atoms with Gasteiger partial charge in [-0.3, -0.25) is 9.59 Å². The number of piperidine rings is 1. The van der Waals surface area contributed by atoms with Crippen molar-refractivity contribution in [2.24, 2.45) is 0 Å². The van der Waals surface area contributed by atoms with Crippen LogP contribution in [0.5, 0.6) is 0 Å². The zero-order valence-electron chi connectivity index (χ0n) is 17.5. The van der Waals surface area contributed by atoms with Gasteiger partial charge in [0.15, 0.2) is 0 Å². The maximum atomic E-state index is 12.9. The third-order valence-electron chi connectivity index (χ3n) is 6.13. The highest BCUT2D eigenvalue weighted by molar-refractivity contribution is 5.99. The molecule has 1 amide bonds. The van der Waals surface area contributed by atoms with Crippen molar-refractivity contribution in [1.82, 2.24) is 4.90 Å². The van der Waals surface area contributed by atoms with Crippen LogP contribution in [-0.2, 0) is 20.7 Å². The van der Waals surface area contributed by atoms with Crippen molar-refractivity contribution in [3.63, 3.8) is 0 Å². The van der Waals surface area contributed by atoms with Gasteiger partial charge in [0.1, 0.15) is 6.10 Å². The van der Waals surface area contributed by atoms with Crippen LogP contribution in [0.4, 0.5) is 5.69 Å². The molecule has 1 N–H and O–H groups in total. The molecule has 2 aromatic carbocycles. The molecule has 1 spiro atoms. The van der Waals surface area contributed by atoms with E-state index >= 15 is 0 Å². The van der Waals surface area contributed by atoms with Crippen molar-refractivity contribution < 1.29 is 19.4 Å². The standard InChI is InChI=1S/C24H28N2O4.ClH/c27-22(28)17-21-23(29)26(20-9-5-2-6-10-20)18-24(30-21)12-15-25(16-13-24)14-11-19-7-3-1-4-8-19;/h1-10,21H,11-18H2,(H,27,28);1H. The minimum absolute atomic E-state index is 0. The molecule has 0 bridgehead atoms. The van der Waals surface area contributed by atoms with Crippen molar-refractivity contribution >= 4 is 30.0 Å². The van der Waals surface area contributed by atoms with Crippen LogP contribution >= 0.6 is 12.4 Å². The molecule has 166 valence electrons. The summed E-state index contributed by atoms with van der Waals surface area (Å²) in [7, 11) is 0. The van der Waals surface area contributed by atoms with Gasteiger partial charge in [-0.1, -0.05) is 48.5 Å². The van der Waals surface area contributed by atoms with Gasteiger partial charge < -0.3 is 19.6 Å². The highest BCUT2D eigenvalue weighted by atomic mass is 35.5. The van der Waals surface area contributed by atoms with E-state index in [2.05, 4.69) is 29.2 Å². The molecule has 1 atom stereocenters. The van der Waals surface area contributed by atoms with Crippen LogP contribution in [0.1, 0.15) is 24.8 Å². The monoisotopic (exact) mass is 444 g/mol. The second-order valence-electron chi connectivity index (χ2n) is 8.22. The summed E-state index contributed by atoms with van der Waals surface area (Å²) in [5.41, 5.74) is 1.63. The largest absolute Gasteiger partial charge is 0.481 e. The van der Waals surface area contributed by atoms with Crippen LogP contribution in [0.25, 0.3) is 0 Å². The lowest BCUT2D eigenvalue weighted by molar-refractivity contribution is -0.171. The number of likely N-dealkylation sites (tertiary alicyclic amines) is 1. The van der Waals surface area contributed by atoms with Crippen LogP contribution in [-0.4, -0.2) is 59.8 Å². The maximum absolute atomic E-state index is 12.9. The zero-order chi connectivity index (χ0) is 21.0. The molecule has 2 aliphatic rings. The molecule has 2 saturated heterocycles. The number of carboxylic acids is 1. The summed E-state index contributed by atoms with van der Waals surface area (Å²) < 4.78 is 6.20. The lowest BCUT2D eigenvalue weighted by Gasteiger charge is -2.49. The molecule has 0 aliphatic carbocycles. The first kappa shape index (κ1) is 23.3. The Morgan fingerprint density at radius 3 is 2.26 bits per heavy atom. The highest BCUT2D eigenvalue weighted by Crippen LogP contribution is 2.35. The van der Waals surface area contributed by atoms with Crippen molar-refractivity contribution in [1.29, 1.82) is 0 Å². The van der Waals surface area contributed by atoms with Crippen molar-refractivity contribution in [2.75, 3.05) is 31.1 Å². The lowest BCUT2D eigenvalue weighted by atomic mass is 9.87. The van der Waals surface area contributed by atoms with E-state index in [0.29, 0.717) is 6.54 Å². The predicted octanol–water partition coefficient (Wildman–Crippen LogP) is 3.39. The third kappa shape index (κ3) is 5.64. The second-order valence-corrected chi connectivity index (χ2v) is 8.22. The highest BCUT2D eigenvalue weighted by Gasteiger charge is 2.47. The molecule has 31 heavy (non-hydrogen) atoms. The summed E-state index contributed by atoms with van der Waals surface area (Å²) in [6.07, 6.45) is 1.34. The Balaban J connectivity index is 0.00000272. The van der Waals surface area contributed by atoms with E-state index < -0.39 is 17.7 Å². The average Bonchev–Trinajstić information content (AvgIpc) is 2.77. The number of hydrogen-bond acceptors (Lipinski definition) is 4. The van der Waals surface area contributed by atoms with E-state index in [1.165, 1.54) is 5.56 Å². The predicted molar refractivity (Wildman–Crippen MR) is 122 cm³/mol. The first-order chi connectivity index (χ1) is 14.5. The van der Waals surface area contributed by atoms with Gasteiger partial charge in [0, 0.05) is 25.3 Å². The molecule has 0 saturated carbocycles. The van der Waals surface area contributed by atoms with E-state index in [1.807, 2.05) is 36.4 Å². The molecule has 2 aromatic rings. The van der Waals surface area contributed by atoms with E-state index in [1.54, 1.807) is 4.90 Å². The second kappa shape index (κ2) is 10.3. The lowest BCUT2D eigenvalue weighted by Crippen LogP contribution is -2.62. The third-order valence-corrected chi connectivity index (χ3v) is 6.13. The number of anilines is 1. The molecule has 1 unspecified atom stereocenters. The Bertz CT molecular complexity index is 870. The number of para-hydroxylation sites is 1. The van der Waals surface area contributed by atoms with E-state index in [0.717, 1.165) is 44.6 Å². The maximum Gasteiger partial charge on any atom is 0.306 e. The van der Waals surface area contributed by atoms with Gasteiger partial charge in [-0.25, -0.2) is 0 Å². The van der Waals surface area contributed by atoms with Crippen LogP contribution in [0.3, 0.4) is 0 Å². The molecule has 4 rings (SSSR count). The number of ether oxygens (including phenoxy) is 1. The fraction of sp³-hybridized carbons (Fsp3) is 0.417. The summed E-state index contributed by atoms with van der Waals surface area (Å²) in [6.45, 7) is 3.21. The summed E-state index contributed by atoms with van der Waals surface area (Å²) >= 11 is 0. The molecular weight excluding hydrogens is 416 g/mol. The number of hydrogen-bond donors (Lipinski definition) is 1. The Kier molecular flexibility index (Phi) is 7.70. The zero-order valence-corrected chi connectivity index (χ0v) is 18.3. The fourth-order valence-corrected chi connectivity index (χ4v) is 4.44. The van der Waals surface area contributed by atoms with Gasteiger partial charge in [0.05, 0.1) is 18.6 Å². The Morgan fingerprint density at radius 1 is 1.03 bits per heavy atom. The number of amides is 1. The van der Waals surface area contributed by atoms with E-state index in [9.17, 15) is 14.7 Å². The smallest absolute Gasteiger partial charge is 0.306 e. The van der Waals surface area contributed by atoms with Gasteiger partial charge in [-0.15, -0.1) is 12.4 Å². The van der Waals surface area contributed by atoms with Crippen LogP contribution in [0.2, 0.25) is 0 Å². The molecule has 0 aromatic heterocycles. The average molecular weight is 445 g/mol. The minimum Gasteiger partial charge on any atom is -0.481 e. The van der Waals surface area contributed by atoms with Crippen molar-refractivity contribution in [3.05, 3.63) is 66.2 Å². The molecule has 2 heterocycles. The van der Waals surface area contributed by atoms with Gasteiger partial charge >= 0.3 is 5.97 Å². The topological polar surface area (TPSA) is 70.1 Å². The SMILES string of the molecule is Cl.O=C(O)CC1OC2(CCN(CCc3ccccc3)CC2)CN(c2ccccc2)C1=O. The van der Waals surface area contributed by atoms with Crippen LogP contribution in [0.15, 0.2) is 60.7 Å². The van der Waals surface area contributed by atoms with E-state index in [4.69, 9.17) is 4.74 Å². The van der Waals surface area contributed by atoms with Gasteiger partial charge in [0.2, 0.25) is 0 Å². The molecule has 0 radical (unpaired) electrons. The number of carbonyl (C=O) groups excluding carboxylic acids is 1. The van der Waals surface area contributed by atoms with Crippen molar-refractivity contribution in [3.8, 4) is 0 Å². The van der Waals surface area contributed by atoms with Gasteiger partial charge in [0.25, 0.3) is 5.91 Å². The van der Waals surface area contributed by atoms with E-state index in [-0.39, 0.29) is 24.7 Å². The number of nitrogens with zero attached hydrogens (tertiary/aromatic N) is 2. The Hall–Kier alpha value is -2.41. The fourth-order valence-electron chi connectivity index (χ4n) is 4.44. The summed E-state index contributed by atoms with van der Waals surface area (Å²) in [6, 6.07) is 19.9. The Morgan fingerprint density at radius 2 is 1.65 bits per heavy atom. The molecule has 2 aliphatic heterocycles. The molecule has 7 heteroatoms. The van der Waals surface area contributed by atoms with Gasteiger partial charge in [-0.2, -0.15) is 0 Å². The first-order valence-corrected chi connectivity index (χ1v) is 10.6. The summed E-state index contributed by atoms with van der Waals surface area (Å²) in [5, 5.41) is 9.29. The number of benzene rings is 2. The van der Waals surface area contributed by atoms with Crippen LogP contribution < -0.4 is 4.90 Å². The Labute approximate surface area is 189 Å². The normalized spacial score (nSPS) is 21.0.